The molecule has 0 bridgehead atoms. The molecule has 102 valence electrons. The Hall–Kier alpha value is -0.900. The number of aromatic nitrogens is 1. The van der Waals surface area contributed by atoms with Gasteiger partial charge in [-0.3, -0.25) is 0 Å². The van der Waals surface area contributed by atoms with Gasteiger partial charge in [-0.1, -0.05) is 23.7 Å². The molecule has 0 saturated heterocycles. The first-order valence-electron chi connectivity index (χ1n) is 6.43. The fraction of sp³-hybridized carbons (Fsp3) is 0.400. The maximum Gasteiger partial charge on any atom is 0.0797 e. The van der Waals surface area contributed by atoms with Gasteiger partial charge in [0.2, 0.25) is 0 Å². The van der Waals surface area contributed by atoms with Crippen LogP contribution in [0.2, 0.25) is 5.02 Å². The van der Waals surface area contributed by atoms with Crippen LogP contribution in [0.3, 0.4) is 0 Å². The lowest BCUT2D eigenvalue weighted by Crippen LogP contribution is -2.11. The van der Waals surface area contributed by atoms with Gasteiger partial charge in [-0.2, -0.15) is 0 Å². The minimum Gasteiger partial charge on any atom is -0.396 e. The van der Waals surface area contributed by atoms with Crippen LogP contribution in [0.25, 0.3) is 0 Å². The van der Waals surface area contributed by atoms with E-state index in [-0.39, 0.29) is 6.61 Å². The number of aliphatic hydroxyl groups is 1. The number of nitrogens with zero attached hydrogens (tertiary/aromatic N) is 1. The fourth-order valence-corrected chi connectivity index (χ4v) is 3.04. The first-order chi connectivity index (χ1) is 9.19. The Balaban J connectivity index is 1.90. The van der Waals surface area contributed by atoms with Crippen LogP contribution in [0, 0.1) is 12.8 Å². The van der Waals surface area contributed by atoms with E-state index in [1.54, 1.807) is 11.3 Å². The van der Waals surface area contributed by atoms with Crippen LogP contribution < -0.4 is 0 Å². The van der Waals surface area contributed by atoms with Crippen LogP contribution in [-0.4, -0.2) is 16.7 Å². The summed E-state index contributed by atoms with van der Waals surface area (Å²) in [5.74, 6) is 0.294. The maximum atomic E-state index is 9.50. The molecule has 1 aromatic carbocycles. The summed E-state index contributed by atoms with van der Waals surface area (Å²) in [5, 5.41) is 10.3. The van der Waals surface area contributed by atoms with Crippen molar-refractivity contribution in [3.63, 3.8) is 0 Å². The summed E-state index contributed by atoms with van der Waals surface area (Å²) >= 11 is 7.57. The SMILES string of the molecule is Cc1ncsc1CCC(CO)Cc1ccc(Cl)cc1. The van der Waals surface area contributed by atoms with Crippen molar-refractivity contribution in [2.45, 2.75) is 26.2 Å². The van der Waals surface area contributed by atoms with Crippen molar-refractivity contribution in [3.8, 4) is 0 Å². The van der Waals surface area contributed by atoms with Gasteiger partial charge in [0, 0.05) is 16.5 Å². The fourth-order valence-electron chi connectivity index (χ4n) is 2.11. The number of aryl methyl sites for hydroxylation is 2. The van der Waals surface area contributed by atoms with Gasteiger partial charge in [-0.05, 0) is 49.8 Å². The van der Waals surface area contributed by atoms with Crippen molar-refractivity contribution in [1.82, 2.24) is 4.98 Å². The van der Waals surface area contributed by atoms with E-state index in [9.17, 15) is 5.11 Å². The molecule has 2 aromatic rings. The standard InChI is InChI=1S/C15H18ClNOS/c1-11-15(19-10-17-11)7-4-13(9-18)8-12-2-5-14(16)6-3-12/h2-3,5-6,10,13,18H,4,7-9H2,1H3. The van der Waals surface area contributed by atoms with E-state index in [4.69, 9.17) is 11.6 Å². The summed E-state index contributed by atoms with van der Waals surface area (Å²) in [5.41, 5.74) is 4.23. The molecule has 19 heavy (non-hydrogen) atoms. The molecule has 2 nitrogen and oxygen atoms in total. The molecule has 1 heterocycles. The van der Waals surface area contributed by atoms with E-state index in [1.807, 2.05) is 36.7 Å². The second-order valence-electron chi connectivity index (χ2n) is 4.78. The van der Waals surface area contributed by atoms with Crippen molar-refractivity contribution >= 4 is 22.9 Å². The Morgan fingerprint density at radius 3 is 2.63 bits per heavy atom. The second-order valence-corrected chi connectivity index (χ2v) is 6.15. The van der Waals surface area contributed by atoms with Crippen LogP contribution in [0.4, 0.5) is 0 Å². The van der Waals surface area contributed by atoms with E-state index in [2.05, 4.69) is 4.98 Å². The van der Waals surface area contributed by atoms with Gasteiger partial charge in [-0.15, -0.1) is 11.3 Å². The van der Waals surface area contributed by atoms with Gasteiger partial charge in [-0.25, -0.2) is 4.98 Å². The Morgan fingerprint density at radius 1 is 1.32 bits per heavy atom. The molecule has 0 amide bonds. The Morgan fingerprint density at radius 2 is 2.05 bits per heavy atom. The summed E-state index contributed by atoms with van der Waals surface area (Å²) in [6, 6.07) is 7.86. The maximum absolute atomic E-state index is 9.50. The first kappa shape index (κ1) is 14.5. The minimum absolute atomic E-state index is 0.223. The third-order valence-electron chi connectivity index (χ3n) is 3.32. The van der Waals surface area contributed by atoms with Crippen LogP contribution >= 0.6 is 22.9 Å². The van der Waals surface area contributed by atoms with Crippen molar-refractivity contribution in [1.29, 1.82) is 0 Å². The van der Waals surface area contributed by atoms with E-state index < -0.39 is 0 Å². The predicted molar refractivity (Wildman–Crippen MR) is 80.9 cm³/mol. The lowest BCUT2D eigenvalue weighted by Gasteiger charge is -2.13. The molecule has 0 aliphatic rings. The molecule has 1 aromatic heterocycles. The Labute approximate surface area is 123 Å². The van der Waals surface area contributed by atoms with E-state index in [1.165, 1.54) is 10.4 Å². The largest absolute Gasteiger partial charge is 0.396 e. The number of rotatable bonds is 6. The van der Waals surface area contributed by atoms with Crippen LogP contribution in [0.15, 0.2) is 29.8 Å². The summed E-state index contributed by atoms with van der Waals surface area (Å²) < 4.78 is 0. The zero-order chi connectivity index (χ0) is 13.7. The molecule has 0 fully saturated rings. The predicted octanol–water partition coefficient (Wildman–Crippen LogP) is 3.89. The number of benzene rings is 1. The topological polar surface area (TPSA) is 33.1 Å². The Kier molecular flexibility index (Phi) is 5.37. The number of halogens is 1. The van der Waals surface area contributed by atoms with Crippen molar-refractivity contribution in [2.75, 3.05) is 6.61 Å². The summed E-state index contributed by atoms with van der Waals surface area (Å²) in [7, 11) is 0. The number of hydrogen-bond donors (Lipinski definition) is 1. The summed E-state index contributed by atoms with van der Waals surface area (Å²) in [6.07, 6.45) is 2.88. The van der Waals surface area contributed by atoms with Crippen LogP contribution in [0.5, 0.6) is 0 Å². The Bertz CT molecular complexity index is 509. The number of hydrogen-bond acceptors (Lipinski definition) is 3. The van der Waals surface area contributed by atoms with Gasteiger partial charge in [0.05, 0.1) is 11.2 Å². The average Bonchev–Trinajstić information content (AvgIpc) is 2.82. The van der Waals surface area contributed by atoms with Gasteiger partial charge in [0.1, 0.15) is 0 Å². The van der Waals surface area contributed by atoms with E-state index in [0.717, 1.165) is 30.0 Å². The van der Waals surface area contributed by atoms with E-state index >= 15 is 0 Å². The lowest BCUT2D eigenvalue weighted by atomic mass is 9.95. The third-order valence-corrected chi connectivity index (χ3v) is 4.57. The smallest absolute Gasteiger partial charge is 0.0797 e. The molecular weight excluding hydrogens is 278 g/mol. The van der Waals surface area contributed by atoms with Crippen LogP contribution in [-0.2, 0) is 12.8 Å². The zero-order valence-electron chi connectivity index (χ0n) is 11.0. The highest BCUT2D eigenvalue weighted by Crippen LogP contribution is 2.20. The summed E-state index contributed by atoms with van der Waals surface area (Å²) in [6.45, 7) is 2.26. The quantitative estimate of drug-likeness (QED) is 0.877. The molecule has 2 rings (SSSR count). The van der Waals surface area contributed by atoms with Gasteiger partial charge < -0.3 is 5.11 Å². The van der Waals surface area contributed by atoms with Crippen LogP contribution in [0.1, 0.15) is 22.6 Å². The lowest BCUT2D eigenvalue weighted by molar-refractivity contribution is 0.218. The molecule has 4 heteroatoms. The molecular formula is C15H18ClNOS. The van der Waals surface area contributed by atoms with Gasteiger partial charge in [0.15, 0.2) is 0 Å². The van der Waals surface area contributed by atoms with Gasteiger partial charge in [0.25, 0.3) is 0 Å². The van der Waals surface area contributed by atoms with Crippen molar-refractivity contribution in [3.05, 3.63) is 50.9 Å². The molecule has 0 radical (unpaired) electrons. The van der Waals surface area contributed by atoms with Gasteiger partial charge >= 0.3 is 0 Å². The minimum atomic E-state index is 0.223. The van der Waals surface area contributed by atoms with Crippen molar-refractivity contribution in [2.24, 2.45) is 5.92 Å². The number of aliphatic hydroxyl groups excluding tert-OH is 1. The molecule has 1 unspecified atom stereocenters. The highest BCUT2D eigenvalue weighted by atomic mass is 35.5. The monoisotopic (exact) mass is 295 g/mol. The van der Waals surface area contributed by atoms with Crippen molar-refractivity contribution < 1.29 is 5.11 Å². The molecule has 0 aliphatic heterocycles. The first-order valence-corrected chi connectivity index (χ1v) is 7.69. The molecule has 0 saturated carbocycles. The molecule has 0 spiro atoms. The third kappa shape index (κ3) is 4.30. The average molecular weight is 296 g/mol. The molecule has 1 N–H and O–H groups in total. The summed E-state index contributed by atoms with van der Waals surface area (Å²) in [4.78, 5) is 5.58. The highest BCUT2D eigenvalue weighted by molar-refractivity contribution is 7.09. The highest BCUT2D eigenvalue weighted by Gasteiger charge is 2.11. The number of thiazole rings is 1. The molecule has 1 atom stereocenters. The second kappa shape index (κ2) is 7.04. The van der Waals surface area contributed by atoms with E-state index in [0.29, 0.717) is 5.92 Å². The normalized spacial score (nSPS) is 12.6. The molecule has 0 aliphatic carbocycles. The zero-order valence-corrected chi connectivity index (χ0v) is 12.5.